The number of rotatable bonds is 5. The fraction of sp³-hybridized carbons (Fsp3) is 0.381. The highest BCUT2D eigenvalue weighted by molar-refractivity contribution is 5.99. The van der Waals surface area contributed by atoms with Gasteiger partial charge in [-0.2, -0.15) is 0 Å². The zero-order chi connectivity index (χ0) is 17.8. The molecule has 0 spiro atoms. The van der Waals surface area contributed by atoms with E-state index in [1.807, 2.05) is 24.3 Å². The summed E-state index contributed by atoms with van der Waals surface area (Å²) in [5.74, 6) is -0.000395. The van der Waals surface area contributed by atoms with Crippen LogP contribution in [-0.2, 0) is 11.2 Å². The van der Waals surface area contributed by atoms with Gasteiger partial charge in [0.1, 0.15) is 0 Å². The monoisotopic (exact) mass is 351 g/mol. The second-order valence-electron chi connectivity index (χ2n) is 6.74. The molecular weight excluding hydrogens is 326 g/mol. The fourth-order valence-corrected chi connectivity index (χ4v) is 3.78. The Balaban J connectivity index is 1.37. The number of para-hydroxylation sites is 2. The molecule has 1 saturated heterocycles. The number of ether oxygens (including phenoxy) is 1. The van der Waals surface area contributed by atoms with Crippen molar-refractivity contribution in [2.45, 2.75) is 6.42 Å². The van der Waals surface area contributed by atoms with Crippen LogP contribution in [0, 0.1) is 0 Å². The zero-order valence-electron chi connectivity index (χ0n) is 15.0. The van der Waals surface area contributed by atoms with Gasteiger partial charge in [-0.15, -0.1) is 0 Å². The van der Waals surface area contributed by atoms with Crippen molar-refractivity contribution >= 4 is 17.3 Å². The molecule has 1 fully saturated rings. The highest BCUT2D eigenvalue weighted by Gasteiger charge is 2.20. The van der Waals surface area contributed by atoms with Gasteiger partial charge in [-0.1, -0.05) is 30.3 Å². The normalized spacial score (nSPS) is 16.5. The van der Waals surface area contributed by atoms with E-state index in [-0.39, 0.29) is 5.91 Å². The molecule has 2 aliphatic heterocycles. The lowest BCUT2D eigenvalue weighted by Crippen LogP contribution is -2.38. The first kappa shape index (κ1) is 16.9. The lowest BCUT2D eigenvalue weighted by atomic mass is 10.1. The molecule has 2 heterocycles. The van der Waals surface area contributed by atoms with E-state index in [9.17, 15) is 4.79 Å². The molecule has 0 atom stereocenters. The van der Waals surface area contributed by atoms with Gasteiger partial charge in [-0.25, -0.2) is 0 Å². The molecule has 2 aliphatic rings. The van der Waals surface area contributed by atoms with Gasteiger partial charge in [0.2, 0.25) is 0 Å². The van der Waals surface area contributed by atoms with E-state index in [4.69, 9.17) is 4.74 Å². The summed E-state index contributed by atoms with van der Waals surface area (Å²) < 4.78 is 5.42. The Morgan fingerprint density at radius 1 is 0.962 bits per heavy atom. The number of hydrogen-bond acceptors (Lipinski definition) is 4. The van der Waals surface area contributed by atoms with Crippen LogP contribution in [0.4, 0.5) is 11.4 Å². The summed E-state index contributed by atoms with van der Waals surface area (Å²) in [6, 6.07) is 16.4. The lowest BCUT2D eigenvalue weighted by Gasteiger charge is -2.30. The van der Waals surface area contributed by atoms with Crippen LogP contribution in [0.1, 0.15) is 15.9 Å². The van der Waals surface area contributed by atoms with Crippen molar-refractivity contribution in [2.75, 3.05) is 55.7 Å². The van der Waals surface area contributed by atoms with Crippen LogP contribution in [0.15, 0.2) is 48.5 Å². The topological polar surface area (TPSA) is 44.8 Å². The van der Waals surface area contributed by atoms with Crippen LogP contribution in [0.25, 0.3) is 0 Å². The number of amides is 1. The molecule has 4 rings (SSSR count). The minimum atomic E-state index is -0.000395. The minimum absolute atomic E-state index is 0.000395. The third-order valence-corrected chi connectivity index (χ3v) is 5.15. The van der Waals surface area contributed by atoms with Crippen molar-refractivity contribution < 1.29 is 9.53 Å². The van der Waals surface area contributed by atoms with Gasteiger partial charge in [0, 0.05) is 44.1 Å². The number of nitrogens with zero attached hydrogens (tertiary/aromatic N) is 2. The maximum atomic E-state index is 12.7. The lowest BCUT2D eigenvalue weighted by molar-refractivity contribution is 0.0953. The molecule has 2 aromatic rings. The van der Waals surface area contributed by atoms with Crippen molar-refractivity contribution in [2.24, 2.45) is 0 Å². The molecule has 1 N–H and O–H groups in total. The molecule has 1 amide bonds. The van der Waals surface area contributed by atoms with Gasteiger partial charge in [0.05, 0.1) is 18.8 Å². The van der Waals surface area contributed by atoms with Crippen LogP contribution < -0.4 is 15.1 Å². The first-order chi connectivity index (χ1) is 12.8. The number of fused-ring (bicyclic) bond motifs is 1. The molecule has 5 heteroatoms. The smallest absolute Gasteiger partial charge is 0.253 e. The number of hydrogen-bond donors (Lipinski definition) is 1. The van der Waals surface area contributed by atoms with E-state index >= 15 is 0 Å². The third kappa shape index (κ3) is 3.53. The summed E-state index contributed by atoms with van der Waals surface area (Å²) in [7, 11) is 0. The van der Waals surface area contributed by atoms with Gasteiger partial charge in [-0.05, 0) is 30.2 Å². The van der Waals surface area contributed by atoms with E-state index in [1.54, 1.807) is 0 Å². The Morgan fingerprint density at radius 3 is 2.54 bits per heavy atom. The van der Waals surface area contributed by atoms with Crippen LogP contribution in [0.5, 0.6) is 0 Å². The molecule has 2 aromatic carbocycles. The fourth-order valence-electron chi connectivity index (χ4n) is 3.78. The Hall–Kier alpha value is -2.53. The molecule has 0 unspecified atom stereocenters. The van der Waals surface area contributed by atoms with Crippen molar-refractivity contribution in [3.63, 3.8) is 0 Å². The summed E-state index contributed by atoms with van der Waals surface area (Å²) in [5.41, 5.74) is 4.45. The maximum absolute atomic E-state index is 12.7. The summed E-state index contributed by atoms with van der Waals surface area (Å²) in [6.07, 6.45) is 1.09. The predicted molar refractivity (Wildman–Crippen MR) is 104 cm³/mol. The number of anilines is 2. The van der Waals surface area contributed by atoms with E-state index in [0.717, 1.165) is 43.9 Å². The predicted octanol–water partition coefficient (Wildman–Crippen LogP) is 2.32. The highest BCUT2D eigenvalue weighted by atomic mass is 16.5. The molecule has 0 saturated carbocycles. The van der Waals surface area contributed by atoms with Crippen molar-refractivity contribution in [3.05, 3.63) is 59.7 Å². The standard InChI is InChI=1S/C21H25N3O2/c25-21(18-6-2-4-8-20(18)24-13-15-26-16-14-24)22-10-12-23-11-9-17-5-1-3-7-19(17)23/h1-8H,9-16H2,(H,22,25). The average Bonchev–Trinajstić information content (AvgIpc) is 3.12. The number of nitrogens with one attached hydrogen (secondary N) is 1. The van der Waals surface area contributed by atoms with Crippen LogP contribution in [0.3, 0.4) is 0 Å². The second kappa shape index (κ2) is 7.79. The van der Waals surface area contributed by atoms with Crippen LogP contribution >= 0.6 is 0 Å². The van der Waals surface area contributed by atoms with Crippen molar-refractivity contribution in [3.8, 4) is 0 Å². The molecule has 5 nitrogen and oxygen atoms in total. The van der Waals surface area contributed by atoms with Gasteiger partial charge < -0.3 is 19.9 Å². The summed E-state index contributed by atoms with van der Waals surface area (Å²) in [6.45, 7) is 5.59. The first-order valence-corrected chi connectivity index (χ1v) is 9.36. The maximum Gasteiger partial charge on any atom is 0.253 e. The molecule has 0 aromatic heterocycles. The Bertz CT molecular complexity index is 771. The molecule has 0 bridgehead atoms. The number of benzene rings is 2. The van der Waals surface area contributed by atoms with Crippen LogP contribution in [0.2, 0.25) is 0 Å². The number of carbonyl (C=O) groups is 1. The molecule has 0 radical (unpaired) electrons. The first-order valence-electron chi connectivity index (χ1n) is 9.36. The summed E-state index contributed by atoms with van der Waals surface area (Å²) >= 11 is 0. The SMILES string of the molecule is O=C(NCCN1CCc2ccccc21)c1ccccc1N1CCOCC1. The summed E-state index contributed by atoms with van der Waals surface area (Å²) in [4.78, 5) is 17.3. The van der Waals surface area contributed by atoms with Crippen LogP contribution in [-0.4, -0.2) is 51.8 Å². The van der Waals surface area contributed by atoms with E-state index in [0.29, 0.717) is 19.8 Å². The van der Waals surface area contributed by atoms with E-state index in [1.165, 1.54) is 11.3 Å². The van der Waals surface area contributed by atoms with E-state index < -0.39 is 0 Å². The minimum Gasteiger partial charge on any atom is -0.378 e. The summed E-state index contributed by atoms with van der Waals surface area (Å²) in [5, 5.41) is 3.10. The Kier molecular flexibility index (Phi) is 5.07. The van der Waals surface area contributed by atoms with Gasteiger partial charge in [0.15, 0.2) is 0 Å². The zero-order valence-corrected chi connectivity index (χ0v) is 15.0. The number of carbonyl (C=O) groups excluding carboxylic acids is 1. The Labute approximate surface area is 154 Å². The Morgan fingerprint density at radius 2 is 1.69 bits per heavy atom. The molecule has 0 aliphatic carbocycles. The highest BCUT2D eigenvalue weighted by Crippen LogP contribution is 2.26. The van der Waals surface area contributed by atoms with E-state index in [2.05, 4.69) is 39.4 Å². The van der Waals surface area contributed by atoms with Crippen molar-refractivity contribution in [1.29, 1.82) is 0 Å². The largest absolute Gasteiger partial charge is 0.378 e. The molecule has 26 heavy (non-hydrogen) atoms. The van der Waals surface area contributed by atoms with Crippen molar-refractivity contribution in [1.82, 2.24) is 5.32 Å². The molecule has 136 valence electrons. The average molecular weight is 351 g/mol. The van der Waals surface area contributed by atoms with Gasteiger partial charge >= 0.3 is 0 Å². The quantitative estimate of drug-likeness (QED) is 0.898. The number of morpholine rings is 1. The second-order valence-corrected chi connectivity index (χ2v) is 6.74. The molecular formula is C21H25N3O2. The van der Waals surface area contributed by atoms with Gasteiger partial charge in [0.25, 0.3) is 5.91 Å². The van der Waals surface area contributed by atoms with Gasteiger partial charge in [-0.3, -0.25) is 4.79 Å². The third-order valence-electron chi connectivity index (χ3n) is 5.15.